The van der Waals surface area contributed by atoms with Crippen molar-refractivity contribution >= 4 is 28.8 Å². The van der Waals surface area contributed by atoms with Gasteiger partial charge in [0.1, 0.15) is 0 Å². The van der Waals surface area contributed by atoms with Crippen molar-refractivity contribution in [2.24, 2.45) is 0 Å². The summed E-state index contributed by atoms with van der Waals surface area (Å²) in [6.45, 7) is 0.0597. The topological polar surface area (TPSA) is 58.2 Å². The standard InChI is InChI=1S/C20H15F3N2O2S/c21-20(22,23)14-9-7-13(8-10-14)12-24-18(26)15-4-1-2-5-16(15)25-19(27)17-6-3-11-28-17/h1-11H,12H2,(H,24,26)(H,25,27). The van der Waals surface area contributed by atoms with Crippen LogP contribution in [0.25, 0.3) is 0 Å². The van der Waals surface area contributed by atoms with E-state index in [4.69, 9.17) is 0 Å². The lowest BCUT2D eigenvalue weighted by Crippen LogP contribution is -2.24. The lowest BCUT2D eigenvalue weighted by molar-refractivity contribution is -0.137. The summed E-state index contributed by atoms with van der Waals surface area (Å²) in [5.74, 6) is -0.764. The maximum atomic E-state index is 12.6. The van der Waals surface area contributed by atoms with Crippen molar-refractivity contribution in [1.29, 1.82) is 0 Å². The highest BCUT2D eigenvalue weighted by Crippen LogP contribution is 2.29. The Morgan fingerprint density at radius 3 is 2.25 bits per heavy atom. The van der Waals surface area contributed by atoms with E-state index < -0.39 is 17.6 Å². The normalized spacial score (nSPS) is 11.1. The minimum atomic E-state index is -4.40. The van der Waals surface area contributed by atoms with Gasteiger partial charge < -0.3 is 10.6 Å². The lowest BCUT2D eigenvalue weighted by atomic mass is 10.1. The first kappa shape index (κ1) is 19.6. The van der Waals surface area contributed by atoms with Gasteiger partial charge >= 0.3 is 6.18 Å². The van der Waals surface area contributed by atoms with Crippen molar-refractivity contribution in [3.05, 3.63) is 87.6 Å². The molecule has 2 aromatic carbocycles. The molecule has 2 N–H and O–H groups in total. The van der Waals surface area contributed by atoms with Crippen molar-refractivity contribution in [2.75, 3.05) is 5.32 Å². The fraction of sp³-hybridized carbons (Fsp3) is 0.100. The van der Waals surface area contributed by atoms with Gasteiger partial charge in [0.25, 0.3) is 11.8 Å². The number of halogens is 3. The number of carbonyl (C=O) groups is 2. The number of benzene rings is 2. The molecule has 3 aromatic rings. The van der Waals surface area contributed by atoms with E-state index in [-0.39, 0.29) is 18.0 Å². The van der Waals surface area contributed by atoms with Crippen LogP contribution in [0, 0.1) is 0 Å². The number of nitrogens with one attached hydrogen (secondary N) is 2. The number of amides is 2. The van der Waals surface area contributed by atoms with Crippen LogP contribution in [0.1, 0.15) is 31.2 Å². The molecule has 0 radical (unpaired) electrons. The van der Waals surface area contributed by atoms with Crippen LogP contribution in [0.4, 0.5) is 18.9 Å². The maximum absolute atomic E-state index is 12.6. The summed E-state index contributed by atoms with van der Waals surface area (Å²) in [5.41, 5.74) is 0.399. The largest absolute Gasteiger partial charge is 0.416 e. The predicted molar refractivity (Wildman–Crippen MR) is 101 cm³/mol. The minimum Gasteiger partial charge on any atom is -0.348 e. The van der Waals surface area contributed by atoms with Crippen LogP contribution in [0.2, 0.25) is 0 Å². The van der Waals surface area contributed by atoms with Gasteiger partial charge in [-0.1, -0.05) is 30.3 Å². The van der Waals surface area contributed by atoms with Gasteiger partial charge in [0, 0.05) is 6.54 Å². The van der Waals surface area contributed by atoms with Gasteiger partial charge in [-0.05, 0) is 41.3 Å². The van der Waals surface area contributed by atoms with Gasteiger partial charge in [0.05, 0.1) is 21.7 Å². The van der Waals surface area contributed by atoms with Crippen LogP contribution in [0.15, 0.2) is 66.0 Å². The van der Waals surface area contributed by atoms with Gasteiger partial charge in [0.15, 0.2) is 0 Å². The quantitative estimate of drug-likeness (QED) is 0.632. The van der Waals surface area contributed by atoms with E-state index >= 15 is 0 Å². The molecule has 0 spiro atoms. The van der Waals surface area contributed by atoms with Crippen molar-refractivity contribution in [3.63, 3.8) is 0 Å². The molecule has 0 bridgehead atoms. The number of thiophene rings is 1. The van der Waals surface area contributed by atoms with Crippen LogP contribution in [-0.2, 0) is 12.7 Å². The van der Waals surface area contributed by atoms with E-state index in [2.05, 4.69) is 10.6 Å². The summed E-state index contributed by atoms with van der Waals surface area (Å²) in [6, 6.07) is 14.5. The second kappa shape index (κ2) is 8.26. The van der Waals surface area contributed by atoms with Crippen molar-refractivity contribution < 1.29 is 22.8 Å². The van der Waals surface area contributed by atoms with Gasteiger partial charge in [0.2, 0.25) is 0 Å². The summed E-state index contributed by atoms with van der Waals surface area (Å²) in [4.78, 5) is 25.2. The average Bonchev–Trinajstić information content (AvgIpc) is 3.21. The van der Waals surface area contributed by atoms with Crippen LogP contribution < -0.4 is 10.6 Å². The van der Waals surface area contributed by atoms with Crippen LogP contribution >= 0.6 is 11.3 Å². The molecule has 8 heteroatoms. The highest BCUT2D eigenvalue weighted by atomic mass is 32.1. The van der Waals surface area contributed by atoms with E-state index in [1.807, 2.05) is 0 Å². The molecule has 0 aliphatic rings. The molecule has 0 fully saturated rings. The van der Waals surface area contributed by atoms with Crippen molar-refractivity contribution in [2.45, 2.75) is 12.7 Å². The minimum absolute atomic E-state index is 0.0597. The van der Waals surface area contributed by atoms with E-state index in [1.54, 1.807) is 41.8 Å². The molecular formula is C20H15F3N2O2S. The zero-order valence-electron chi connectivity index (χ0n) is 14.4. The third-order valence-electron chi connectivity index (χ3n) is 3.90. The molecule has 0 saturated heterocycles. The molecular weight excluding hydrogens is 389 g/mol. The molecule has 1 heterocycles. The molecule has 2 amide bonds. The van der Waals surface area contributed by atoms with Crippen molar-refractivity contribution in [3.8, 4) is 0 Å². The lowest BCUT2D eigenvalue weighted by Gasteiger charge is -2.12. The zero-order chi connectivity index (χ0) is 20.1. The number of para-hydroxylation sites is 1. The second-order valence-corrected chi connectivity index (χ2v) is 6.80. The van der Waals surface area contributed by atoms with Crippen LogP contribution in [0.5, 0.6) is 0 Å². The molecule has 0 aliphatic carbocycles. The predicted octanol–water partition coefficient (Wildman–Crippen LogP) is 4.95. The Morgan fingerprint density at radius 2 is 1.61 bits per heavy atom. The number of rotatable bonds is 5. The summed E-state index contributed by atoms with van der Waals surface area (Å²) in [7, 11) is 0. The zero-order valence-corrected chi connectivity index (χ0v) is 15.2. The third kappa shape index (κ3) is 4.77. The monoisotopic (exact) mass is 404 g/mol. The number of alkyl halides is 3. The van der Waals surface area contributed by atoms with E-state index in [0.29, 0.717) is 16.1 Å². The molecule has 144 valence electrons. The van der Waals surface area contributed by atoms with E-state index in [1.165, 1.54) is 23.5 Å². The Labute approximate surface area is 163 Å². The first-order valence-corrected chi connectivity index (χ1v) is 9.11. The maximum Gasteiger partial charge on any atom is 0.416 e. The van der Waals surface area contributed by atoms with Gasteiger partial charge in [-0.3, -0.25) is 9.59 Å². The smallest absolute Gasteiger partial charge is 0.348 e. The number of hydrogen-bond donors (Lipinski definition) is 2. The molecule has 1 aromatic heterocycles. The third-order valence-corrected chi connectivity index (χ3v) is 4.77. The van der Waals surface area contributed by atoms with E-state index in [9.17, 15) is 22.8 Å². The van der Waals surface area contributed by atoms with E-state index in [0.717, 1.165) is 12.1 Å². The Hall–Kier alpha value is -3.13. The molecule has 0 saturated carbocycles. The van der Waals surface area contributed by atoms with Crippen LogP contribution in [-0.4, -0.2) is 11.8 Å². The second-order valence-electron chi connectivity index (χ2n) is 5.85. The summed E-state index contributed by atoms with van der Waals surface area (Å²) in [5, 5.41) is 7.13. The number of hydrogen-bond acceptors (Lipinski definition) is 3. The average molecular weight is 404 g/mol. The molecule has 0 aliphatic heterocycles. The van der Waals surface area contributed by atoms with Gasteiger partial charge in [-0.2, -0.15) is 13.2 Å². The number of carbonyl (C=O) groups excluding carboxylic acids is 2. The van der Waals surface area contributed by atoms with Gasteiger partial charge in [-0.25, -0.2) is 0 Å². The first-order chi connectivity index (χ1) is 13.3. The molecule has 0 unspecified atom stereocenters. The fourth-order valence-corrected chi connectivity index (χ4v) is 3.09. The summed E-state index contributed by atoms with van der Waals surface area (Å²) < 4.78 is 37.8. The Bertz CT molecular complexity index is 968. The molecule has 3 rings (SSSR count). The summed E-state index contributed by atoms with van der Waals surface area (Å²) >= 11 is 1.28. The highest BCUT2D eigenvalue weighted by Gasteiger charge is 2.29. The summed E-state index contributed by atoms with van der Waals surface area (Å²) in [6.07, 6.45) is -4.40. The first-order valence-electron chi connectivity index (χ1n) is 8.23. The Kier molecular flexibility index (Phi) is 5.79. The fourth-order valence-electron chi connectivity index (χ4n) is 2.47. The van der Waals surface area contributed by atoms with Crippen LogP contribution in [0.3, 0.4) is 0 Å². The van der Waals surface area contributed by atoms with Crippen molar-refractivity contribution in [1.82, 2.24) is 5.32 Å². The Balaban J connectivity index is 1.67. The molecule has 4 nitrogen and oxygen atoms in total. The highest BCUT2D eigenvalue weighted by molar-refractivity contribution is 7.12. The molecule has 0 atom stereocenters. The SMILES string of the molecule is O=C(Nc1ccccc1C(=O)NCc1ccc(C(F)(F)F)cc1)c1cccs1. The Morgan fingerprint density at radius 1 is 0.893 bits per heavy atom. The number of anilines is 1. The van der Waals surface area contributed by atoms with Gasteiger partial charge in [-0.15, -0.1) is 11.3 Å². The molecule has 28 heavy (non-hydrogen) atoms.